The third kappa shape index (κ3) is 3.05. The molecule has 0 heterocycles. The van der Waals surface area contributed by atoms with Crippen molar-refractivity contribution in [3.63, 3.8) is 0 Å². The molecule has 0 radical (unpaired) electrons. The summed E-state index contributed by atoms with van der Waals surface area (Å²) in [4.78, 5) is 12.2. The van der Waals surface area contributed by atoms with Crippen LogP contribution < -0.4 is 11.1 Å². The van der Waals surface area contributed by atoms with E-state index >= 15 is 0 Å². The Labute approximate surface area is 112 Å². The minimum Gasteiger partial charge on any atom is -0.409 e. The molecule has 0 unspecified atom stereocenters. The molecule has 0 bridgehead atoms. The second kappa shape index (κ2) is 5.73. The molecule has 1 saturated carbocycles. The number of nitrogens with two attached hydrogens (primary N) is 1. The third-order valence-corrected chi connectivity index (χ3v) is 3.53. The van der Waals surface area contributed by atoms with E-state index in [1.165, 1.54) is 0 Å². The molecule has 1 fully saturated rings. The fourth-order valence-corrected chi connectivity index (χ4v) is 2.22. The van der Waals surface area contributed by atoms with E-state index < -0.39 is 0 Å². The molecule has 1 amide bonds. The third-order valence-electron chi connectivity index (χ3n) is 3.53. The van der Waals surface area contributed by atoms with Gasteiger partial charge in [0.2, 0.25) is 5.91 Å². The first-order valence-corrected chi connectivity index (χ1v) is 6.49. The van der Waals surface area contributed by atoms with Crippen molar-refractivity contribution < 1.29 is 10.0 Å². The molecule has 1 aliphatic rings. The summed E-state index contributed by atoms with van der Waals surface area (Å²) in [7, 11) is 0. The van der Waals surface area contributed by atoms with Crippen molar-refractivity contribution in [3.05, 3.63) is 35.9 Å². The smallest absolute Gasteiger partial charge is 0.230 e. The second-order valence-electron chi connectivity index (χ2n) is 4.90. The minimum absolute atomic E-state index is 0.0817. The maximum Gasteiger partial charge on any atom is 0.230 e. The topological polar surface area (TPSA) is 87.7 Å². The monoisotopic (exact) mass is 261 g/mol. The molecular weight excluding hydrogens is 242 g/mol. The van der Waals surface area contributed by atoms with Crippen LogP contribution in [-0.4, -0.2) is 23.5 Å². The number of hydrogen-bond acceptors (Lipinski definition) is 3. The summed E-state index contributed by atoms with van der Waals surface area (Å²) in [6, 6.07) is 9.88. The predicted octanol–water partition coefficient (Wildman–Crippen LogP) is 1.36. The quantitative estimate of drug-likeness (QED) is 0.237. The first kappa shape index (κ1) is 13.4. The Morgan fingerprint density at radius 1 is 1.37 bits per heavy atom. The van der Waals surface area contributed by atoms with Crippen LogP contribution in [0.5, 0.6) is 0 Å². The van der Waals surface area contributed by atoms with Crippen LogP contribution in [0.3, 0.4) is 0 Å². The van der Waals surface area contributed by atoms with E-state index in [1.807, 2.05) is 30.3 Å². The zero-order chi connectivity index (χ0) is 13.7. The van der Waals surface area contributed by atoms with Crippen LogP contribution in [0.15, 0.2) is 35.5 Å². The van der Waals surface area contributed by atoms with E-state index in [2.05, 4.69) is 10.5 Å². The first-order valence-electron chi connectivity index (χ1n) is 6.49. The number of nitrogens with zero attached hydrogens (tertiary/aromatic N) is 1. The maximum atomic E-state index is 12.2. The highest BCUT2D eigenvalue weighted by atomic mass is 16.4. The molecule has 102 valence electrons. The number of carbonyl (C=O) groups excluding carboxylic acids is 1. The average molecular weight is 261 g/mol. The molecule has 0 spiro atoms. The van der Waals surface area contributed by atoms with Gasteiger partial charge >= 0.3 is 0 Å². The van der Waals surface area contributed by atoms with E-state index in [1.54, 1.807) is 0 Å². The molecular formula is C14H19N3O2. The summed E-state index contributed by atoms with van der Waals surface area (Å²) in [6.07, 6.45) is 2.97. The summed E-state index contributed by atoms with van der Waals surface area (Å²) in [5.74, 6) is 0.275. The van der Waals surface area contributed by atoms with Crippen molar-refractivity contribution in [3.8, 4) is 0 Å². The number of amides is 1. The van der Waals surface area contributed by atoms with Gasteiger partial charge in [-0.1, -0.05) is 35.5 Å². The van der Waals surface area contributed by atoms with Crippen LogP contribution >= 0.6 is 0 Å². The van der Waals surface area contributed by atoms with E-state index in [4.69, 9.17) is 10.9 Å². The van der Waals surface area contributed by atoms with Crippen LogP contribution in [0.4, 0.5) is 0 Å². The van der Waals surface area contributed by atoms with Crippen molar-refractivity contribution in [2.24, 2.45) is 10.9 Å². The lowest BCUT2D eigenvalue weighted by molar-refractivity contribution is -0.123. The number of nitrogens with one attached hydrogen (secondary N) is 1. The molecule has 0 saturated heterocycles. The largest absolute Gasteiger partial charge is 0.409 e. The van der Waals surface area contributed by atoms with Crippen molar-refractivity contribution in [2.45, 2.75) is 31.1 Å². The number of oxime groups is 1. The lowest BCUT2D eigenvalue weighted by Gasteiger charge is -2.15. The Hall–Kier alpha value is -2.04. The fourth-order valence-electron chi connectivity index (χ4n) is 2.22. The molecule has 4 N–H and O–H groups in total. The summed E-state index contributed by atoms with van der Waals surface area (Å²) >= 11 is 0. The van der Waals surface area contributed by atoms with Crippen LogP contribution in [0.1, 0.15) is 31.2 Å². The van der Waals surface area contributed by atoms with Crippen molar-refractivity contribution in [2.75, 3.05) is 6.54 Å². The highest BCUT2D eigenvalue weighted by Crippen LogP contribution is 2.48. The molecule has 1 aromatic carbocycles. The summed E-state index contributed by atoms with van der Waals surface area (Å²) in [5, 5.41) is 14.2. The number of rotatable bonds is 6. The minimum atomic E-state index is -0.322. The van der Waals surface area contributed by atoms with Crippen LogP contribution in [0.25, 0.3) is 0 Å². The zero-order valence-electron chi connectivity index (χ0n) is 10.8. The Morgan fingerprint density at radius 2 is 2.05 bits per heavy atom. The maximum absolute atomic E-state index is 12.2. The normalized spacial score (nSPS) is 16.9. The Kier molecular flexibility index (Phi) is 4.04. The van der Waals surface area contributed by atoms with E-state index in [0.29, 0.717) is 19.4 Å². The molecule has 5 nitrogen and oxygen atoms in total. The predicted molar refractivity (Wildman–Crippen MR) is 73.0 cm³/mol. The molecule has 19 heavy (non-hydrogen) atoms. The number of benzene rings is 1. The van der Waals surface area contributed by atoms with Gasteiger partial charge in [-0.3, -0.25) is 4.79 Å². The molecule has 5 heteroatoms. The van der Waals surface area contributed by atoms with Gasteiger partial charge in [-0.05, 0) is 24.8 Å². The van der Waals surface area contributed by atoms with Crippen molar-refractivity contribution in [1.29, 1.82) is 0 Å². The molecule has 0 aromatic heterocycles. The Balaban J connectivity index is 1.84. The van der Waals surface area contributed by atoms with Gasteiger partial charge in [0.25, 0.3) is 0 Å². The van der Waals surface area contributed by atoms with Gasteiger partial charge in [0.05, 0.1) is 5.41 Å². The van der Waals surface area contributed by atoms with Crippen molar-refractivity contribution >= 4 is 11.7 Å². The zero-order valence-corrected chi connectivity index (χ0v) is 10.8. The number of amidine groups is 1. The highest BCUT2D eigenvalue weighted by molar-refractivity contribution is 5.91. The standard InChI is InChI=1S/C14H19N3O2/c15-12(17-19)7-4-10-16-13(18)14(8-9-14)11-5-2-1-3-6-11/h1-3,5-6,19H,4,7-10H2,(H2,15,17)(H,16,18). The summed E-state index contributed by atoms with van der Waals surface area (Å²) in [5.41, 5.74) is 6.13. The van der Waals surface area contributed by atoms with Crippen LogP contribution in [0, 0.1) is 0 Å². The van der Waals surface area contributed by atoms with Gasteiger partial charge in [-0.25, -0.2) is 0 Å². The SMILES string of the molecule is NC(CCCNC(=O)C1(c2ccccc2)CC1)=NO. The van der Waals surface area contributed by atoms with Gasteiger partial charge in [0.1, 0.15) is 5.84 Å². The number of hydrogen-bond donors (Lipinski definition) is 3. The molecule has 0 atom stereocenters. The fraction of sp³-hybridized carbons (Fsp3) is 0.429. The number of carbonyl (C=O) groups is 1. The van der Waals surface area contributed by atoms with Gasteiger partial charge in [0, 0.05) is 13.0 Å². The van der Waals surface area contributed by atoms with Gasteiger partial charge in [0.15, 0.2) is 0 Å². The van der Waals surface area contributed by atoms with E-state index in [9.17, 15) is 4.79 Å². The lowest BCUT2D eigenvalue weighted by atomic mass is 9.95. The van der Waals surface area contributed by atoms with Gasteiger partial charge < -0.3 is 16.3 Å². The molecule has 1 aliphatic carbocycles. The summed E-state index contributed by atoms with van der Waals surface area (Å²) in [6.45, 7) is 0.545. The van der Waals surface area contributed by atoms with Crippen molar-refractivity contribution in [1.82, 2.24) is 5.32 Å². The molecule has 2 rings (SSSR count). The van der Waals surface area contributed by atoms with Gasteiger partial charge in [-0.2, -0.15) is 0 Å². The van der Waals surface area contributed by atoms with E-state index in [0.717, 1.165) is 18.4 Å². The molecule has 1 aromatic rings. The first-order chi connectivity index (χ1) is 9.19. The lowest BCUT2D eigenvalue weighted by Crippen LogP contribution is -2.35. The Bertz CT molecular complexity index is 467. The second-order valence-corrected chi connectivity index (χ2v) is 4.90. The Morgan fingerprint density at radius 3 is 2.63 bits per heavy atom. The van der Waals surface area contributed by atoms with E-state index in [-0.39, 0.29) is 17.2 Å². The summed E-state index contributed by atoms with van der Waals surface area (Å²) < 4.78 is 0. The average Bonchev–Trinajstić information content (AvgIpc) is 3.25. The molecule has 0 aliphatic heterocycles. The van der Waals surface area contributed by atoms with Gasteiger partial charge in [-0.15, -0.1) is 0 Å². The van der Waals surface area contributed by atoms with Crippen LogP contribution in [0.2, 0.25) is 0 Å². The van der Waals surface area contributed by atoms with Crippen LogP contribution in [-0.2, 0) is 10.2 Å². The highest BCUT2D eigenvalue weighted by Gasteiger charge is 2.50.